The average Bonchev–Trinajstić information content (AvgIpc) is 2.27. The number of fused-ring (bicyclic) bond motifs is 1. The Morgan fingerprint density at radius 3 is 2.88 bits per heavy atom. The Kier molecular flexibility index (Phi) is 2.98. The van der Waals surface area contributed by atoms with E-state index < -0.39 is 0 Å². The van der Waals surface area contributed by atoms with Gasteiger partial charge in [-0.2, -0.15) is 0 Å². The van der Waals surface area contributed by atoms with Gasteiger partial charge in [0.2, 0.25) is 0 Å². The molecule has 1 saturated carbocycles. The minimum absolute atomic E-state index is 0.00745. The fraction of sp³-hybridized carbons (Fsp3) is 0.533. The molecule has 1 unspecified atom stereocenters. The lowest BCUT2D eigenvalue weighted by molar-refractivity contribution is -0.128. The molecule has 0 N–H and O–H groups in total. The van der Waals surface area contributed by atoms with E-state index in [-0.39, 0.29) is 6.10 Å². The minimum Gasteiger partial charge on any atom is -0.373 e. The molecule has 0 saturated heterocycles. The number of ether oxygens (including phenoxy) is 1. The summed E-state index contributed by atoms with van der Waals surface area (Å²) in [6, 6.07) is 8.36. The monoisotopic (exact) mass is 230 g/mol. The van der Waals surface area contributed by atoms with Gasteiger partial charge < -0.3 is 4.74 Å². The summed E-state index contributed by atoms with van der Waals surface area (Å²) in [5.41, 5.74) is 2.58. The Morgan fingerprint density at radius 2 is 2.12 bits per heavy atom. The molecular formula is C15H18O2. The summed E-state index contributed by atoms with van der Waals surface area (Å²) in [6.45, 7) is 0.750. The van der Waals surface area contributed by atoms with Crippen LogP contribution in [0.1, 0.15) is 42.9 Å². The minimum atomic E-state index is 0.00745. The third-order valence-electron chi connectivity index (χ3n) is 4.04. The van der Waals surface area contributed by atoms with Crippen molar-refractivity contribution in [3.8, 4) is 0 Å². The standard InChI is InChI=1S/C15H18O2/c16-14(12-5-3-6-12)10-15-13-7-2-1-4-11(13)8-9-17-15/h1-2,4,7,12,15H,3,5-6,8-10H2. The third-order valence-corrected chi connectivity index (χ3v) is 4.04. The van der Waals surface area contributed by atoms with Gasteiger partial charge >= 0.3 is 0 Å². The molecule has 1 heterocycles. The summed E-state index contributed by atoms with van der Waals surface area (Å²) < 4.78 is 5.77. The van der Waals surface area contributed by atoms with Crippen LogP contribution in [0.25, 0.3) is 0 Å². The molecule has 2 aliphatic rings. The van der Waals surface area contributed by atoms with Crippen LogP contribution in [0.5, 0.6) is 0 Å². The molecule has 0 aromatic heterocycles. The van der Waals surface area contributed by atoms with Gasteiger partial charge in [0, 0.05) is 12.3 Å². The Labute approximate surface area is 102 Å². The van der Waals surface area contributed by atoms with Crippen molar-refractivity contribution in [2.45, 2.75) is 38.2 Å². The molecule has 1 aliphatic carbocycles. The second kappa shape index (κ2) is 4.61. The van der Waals surface area contributed by atoms with Gasteiger partial charge in [-0.3, -0.25) is 4.79 Å². The first-order chi connectivity index (χ1) is 8.34. The Hall–Kier alpha value is -1.15. The number of hydrogen-bond acceptors (Lipinski definition) is 2. The molecule has 90 valence electrons. The van der Waals surface area contributed by atoms with Crippen LogP contribution >= 0.6 is 0 Å². The van der Waals surface area contributed by atoms with Gasteiger partial charge in [-0.05, 0) is 30.4 Å². The molecule has 0 amide bonds. The Bertz CT molecular complexity index is 421. The smallest absolute Gasteiger partial charge is 0.138 e. The first kappa shape index (κ1) is 11.0. The van der Waals surface area contributed by atoms with Crippen LogP contribution in [0.15, 0.2) is 24.3 Å². The fourth-order valence-corrected chi connectivity index (χ4v) is 2.73. The first-order valence-corrected chi connectivity index (χ1v) is 6.57. The van der Waals surface area contributed by atoms with E-state index in [1.807, 2.05) is 6.07 Å². The first-order valence-electron chi connectivity index (χ1n) is 6.57. The summed E-state index contributed by atoms with van der Waals surface area (Å²) in [7, 11) is 0. The van der Waals surface area contributed by atoms with Gasteiger partial charge in [-0.25, -0.2) is 0 Å². The normalized spacial score (nSPS) is 23.9. The van der Waals surface area contributed by atoms with E-state index in [4.69, 9.17) is 4.74 Å². The molecule has 3 rings (SSSR count). The van der Waals surface area contributed by atoms with Gasteiger partial charge in [0.05, 0.1) is 12.7 Å². The van der Waals surface area contributed by atoms with Gasteiger partial charge in [0.25, 0.3) is 0 Å². The predicted molar refractivity (Wildman–Crippen MR) is 65.8 cm³/mol. The molecule has 2 heteroatoms. The predicted octanol–water partition coefficient (Wildman–Crippen LogP) is 3.06. The maximum Gasteiger partial charge on any atom is 0.138 e. The van der Waals surface area contributed by atoms with Crippen LogP contribution in [0, 0.1) is 5.92 Å². The lowest BCUT2D eigenvalue weighted by atomic mass is 9.79. The maximum absolute atomic E-state index is 12.0. The summed E-state index contributed by atoms with van der Waals surface area (Å²) in [6.07, 6.45) is 4.96. The number of carbonyl (C=O) groups excluding carboxylic acids is 1. The highest BCUT2D eigenvalue weighted by atomic mass is 16.5. The summed E-state index contributed by atoms with van der Waals surface area (Å²) in [5, 5.41) is 0. The van der Waals surface area contributed by atoms with Crippen LogP contribution in [0.2, 0.25) is 0 Å². The van der Waals surface area contributed by atoms with Gasteiger partial charge in [0.15, 0.2) is 0 Å². The molecule has 0 bridgehead atoms. The third kappa shape index (κ3) is 2.14. The maximum atomic E-state index is 12.0. The van der Waals surface area contributed by atoms with Gasteiger partial charge in [-0.15, -0.1) is 0 Å². The highest BCUT2D eigenvalue weighted by Crippen LogP contribution is 2.34. The van der Waals surface area contributed by atoms with E-state index in [0.717, 1.165) is 25.9 Å². The van der Waals surface area contributed by atoms with Crippen molar-refractivity contribution in [3.63, 3.8) is 0 Å². The SMILES string of the molecule is O=C(CC1OCCc2ccccc21)C1CCC1. The van der Waals surface area contributed by atoms with Gasteiger partial charge in [-0.1, -0.05) is 30.7 Å². The van der Waals surface area contributed by atoms with Crippen LogP contribution in [-0.2, 0) is 16.0 Å². The van der Waals surface area contributed by atoms with Crippen molar-refractivity contribution >= 4 is 5.78 Å². The lowest BCUT2D eigenvalue weighted by Gasteiger charge is -2.29. The molecule has 1 aromatic rings. The Morgan fingerprint density at radius 1 is 1.29 bits per heavy atom. The molecule has 0 spiro atoms. The number of benzene rings is 1. The van der Waals surface area contributed by atoms with E-state index in [1.165, 1.54) is 17.5 Å². The zero-order valence-electron chi connectivity index (χ0n) is 10.0. The van der Waals surface area contributed by atoms with Crippen LogP contribution < -0.4 is 0 Å². The lowest BCUT2D eigenvalue weighted by Crippen LogP contribution is -2.26. The second-order valence-electron chi connectivity index (χ2n) is 5.11. The molecule has 1 aliphatic heterocycles. The number of ketones is 1. The summed E-state index contributed by atoms with van der Waals surface area (Å²) >= 11 is 0. The van der Waals surface area contributed by atoms with E-state index in [1.54, 1.807) is 0 Å². The van der Waals surface area contributed by atoms with Crippen molar-refractivity contribution in [1.82, 2.24) is 0 Å². The van der Waals surface area contributed by atoms with E-state index in [0.29, 0.717) is 18.1 Å². The molecule has 2 nitrogen and oxygen atoms in total. The van der Waals surface area contributed by atoms with Gasteiger partial charge in [0.1, 0.15) is 5.78 Å². The zero-order chi connectivity index (χ0) is 11.7. The quantitative estimate of drug-likeness (QED) is 0.797. The van der Waals surface area contributed by atoms with Crippen LogP contribution in [-0.4, -0.2) is 12.4 Å². The highest BCUT2D eigenvalue weighted by Gasteiger charge is 2.29. The fourth-order valence-electron chi connectivity index (χ4n) is 2.73. The number of rotatable bonds is 3. The molecule has 17 heavy (non-hydrogen) atoms. The molecule has 1 atom stereocenters. The molecular weight excluding hydrogens is 212 g/mol. The van der Waals surface area contributed by atoms with Crippen molar-refractivity contribution < 1.29 is 9.53 Å². The zero-order valence-corrected chi connectivity index (χ0v) is 10.0. The number of hydrogen-bond donors (Lipinski definition) is 0. The highest BCUT2D eigenvalue weighted by molar-refractivity contribution is 5.82. The van der Waals surface area contributed by atoms with E-state index in [9.17, 15) is 4.79 Å². The van der Waals surface area contributed by atoms with Crippen molar-refractivity contribution in [1.29, 1.82) is 0 Å². The van der Waals surface area contributed by atoms with Crippen molar-refractivity contribution in [3.05, 3.63) is 35.4 Å². The van der Waals surface area contributed by atoms with Crippen LogP contribution in [0.4, 0.5) is 0 Å². The molecule has 0 radical (unpaired) electrons. The number of Topliss-reactive ketones (excluding diaryl/α,β-unsaturated/α-hetero) is 1. The van der Waals surface area contributed by atoms with Crippen molar-refractivity contribution in [2.24, 2.45) is 5.92 Å². The number of carbonyl (C=O) groups is 1. The summed E-state index contributed by atoms with van der Waals surface area (Å²) in [4.78, 5) is 12.0. The van der Waals surface area contributed by atoms with E-state index in [2.05, 4.69) is 18.2 Å². The summed E-state index contributed by atoms with van der Waals surface area (Å²) in [5.74, 6) is 0.727. The van der Waals surface area contributed by atoms with E-state index >= 15 is 0 Å². The Balaban J connectivity index is 1.73. The van der Waals surface area contributed by atoms with Crippen molar-refractivity contribution in [2.75, 3.05) is 6.61 Å². The largest absolute Gasteiger partial charge is 0.373 e. The molecule has 1 aromatic carbocycles. The second-order valence-corrected chi connectivity index (χ2v) is 5.11. The average molecular weight is 230 g/mol. The van der Waals surface area contributed by atoms with Crippen LogP contribution in [0.3, 0.4) is 0 Å². The molecule has 1 fully saturated rings. The topological polar surface area (TPSA) is 26.3 Å².